The number of carbonyl (C=O) groups excluding carboxylic acids is 1. The number of hydrogen-bond donors (Lipinski definition) is 2. The van der Waals surface area contributed by atoms with Crippen molar-refractivity contribution < 1.29 is 4.79 Å². The highest BCUT2D eigenvalue weighted by Gasteiger charge is 2.30. The van der Waals surface area contributed by atoms with Crippen LogP contribution in [0.1, 0.15) is 51.0 Å². The molecule has 0 saturated heterocycles. The molecule has 0 radical (unpaired) electrons. The van der Waals surface area contributed by atoms with Crippen LogP contribution in [0.4, 0.5) is 4.79 Å². The fraction of sp³-hybridized carbons (Fsp3) is 0.550. The van der Waals surface area contributed by atoms with Crippen molar-refractivity contribution >= 4 is 6.03 Å². The molecule has 27 heavy (non-hydrogen) atoms. The minimum Gasteiger partial charge on any atom is -0.336 e. The summed E-state index contributed by atoms with van der Waals surface area (Å²) in [5.41, 5.74) is 0.856. The Morgan fingerprint density at radius 2 is 1.81 bits per heavy atom. The molecule has 2 amide bonds. The average molecular weight is 369 g/mol. The number of aromatic nitrogens is 3. The molecule has 0 atom stereocenters. The fourth-order valence-electron chi connectivity index (χ4n) is 3.77. The van der Waals surface area contributed by atoms with Gasteiger partial charge in [0.1, 0.15) is 0 Å². The monoisotopic (exact) mass is 369 g/mol. The fourth-order valence-corrected chi connectivity index (χ4v) is 3.77. The number of urea groups is 1. The van der Waals surface area contributed by atoms with Gasteiger partial charge in [-0.2, -0.15) is 0 Å². The number of hydrogen-bond acceptors (Lipinski definition) is 3. The zero-order chi connectivity index (χ0) is 18.6. The van der Waals surface area contributed by atoms with Crippen molar-refractivity contribution in [3.63, 3.8) is 0 Å². The second-order valence-corrected chi connectivity index (χ2v) is 7.53. The number of nitrogens with one attached hydrogen (secondary N) is 2. The lowest BCUT2D eigenvalue weighted by Gasteiger charge is -2.22. The van der Waals surface area contributed by atoms with Crippen molar-refractivity contribution in [2.45, 2.75) is 63.6 Å². The van der Waals surface area contributed by atoms with Crippen molar-refractivity contribution in [1.29, 1.82) is 0 Å². The number of rotatable bonds is 6. The molecule has 2 aliphatic rings. The minimum atomic E-state index is -0.153. The highest BCUT2D eigenvalue weighted by Crippen LogP contribution is 2.36. The molecular formula is C20H27N5O2. The lowest BCUT2D eigenvalue weighted by Crippen LogP contribution is -2.44. The summed E-state index contributed by atoms with van der Waals surface area (Å²) in [6.07, 6.45) is 7.78. The van der Waals surface area contributed by atoms with E-state index in [1.807, 2.05) is 30.3 Å². The van der Waals surface area contributed by atoms with Crippen LogP contribution >= 0.6 is 0 Å². The molecule has 1 heterocycles. The Labute approximate surface area is 158 Å². The molecule has 4 rings (SSSR count). The number of amides is 2. The molecule has 0 aliphatic heterocycles. The van der Waals surface area contributed by atoms with E-state index in [4.69, 9.17) is 0 Å². The van der Waals surface area contributed by atoms with Gasteiger partial charge < -0.3 is 10.6 Å². The van der Waals surface area contributed by atoms with E-state index in [-0.39, 0.29) is 23.8 Å². The summed E-state index contributed by atoms with van der Waals surface area (Å²) < 4.78 is 3.28. The third kappa shape index (κ3) is 4.23. The van der Waals surface area contributed by atoms with Gasteiger partial charge >= 0.3 is 11.7 Å². The molecule has 144 valence electrons. The second-order valence-electron chi connectivity index (χ2n) is 7.53. The van der Waals surface area contributed by atoms with Crippen molar-refractivity contribution in [3.8, 4) is 11.4 Å². The maximum Gasteiger partial charge on any atom is 0.346 e. The van der Waals surface area contributed by atoms with E-state index in [1.165, 1.54) is 23.9 Å². The third-order valence-electron chi connectivity index (χ3n) is 5.36. The van der Waals surface area contributed by atoms with Gasteiger partial charge in [-0.3, -0.25) is 4.57 Å². The van der Waals surface area contributed by atoms with E-state index in [0.717, 1.165) is 37.1 Å². The van der Waals surface area contributed by atoms with Gasteiger partial charge in [-0.1, -0.05) is 49.6 Å². The highest BCUT2D eigenvalue weighted by atomic mass is 16.2. The zero-order valence-corrected chi connectivity index (χ0v) is 15.6. The Kier molecular flexibility index (Phi) is 5.27. The number of carbonyl (C=O) groups is 1. The van der Waals surface area contributed by atoms with Crippen molar-refractivity contribution in [2.24, 2.45) is 0 Å². The lowest BCUT2D eigenvalue weighted by atomic mass is 9.96. The maximum absolute atomic E-state index is 12.8. The summed E-state index contributed by atoms with van der Waals surface area (Å²) >= 11 is 0. The second kappa shape index (κ2) is 7.98. The quantitative estimate of drug-likeness (QED) is 0.821. The SMILES string of the molecule is O=C(NCCn1nc(-c2ccccc2)n(C2CC2)c1=O)NC1CCCCC1. The highest BCUT2D eigenvalue weighted by molar-refractivity contribution is 5.74. The van der Waals surface area contributed by atoms with Crippen LogP contribution < -0.4 is 16.3 Å². The van der Waals surface area contributed by atoms with Gasteiger partial charge in [0.05, 0.1) is 6.54 Å². The molecule has 2 fully saturated rings. The van der Waals surface area contributed by atoms with E-state index < -0.39 is 0 Å². The molecule has 0 spiro atoms. The molecule has 1 aromatic heterocycles. The topological polar surface area (TPSA) is 81.0 Å². The smallest absolute Gasteiger partial charge is 0.336 e. The first kappa shape index (κ1) is 17.8. The molecule has 2 aliphatic carbocycles. The largest absolute Gasteiger partial charge is 0.346 e. The molecule has 2 saturated carbocycles. The van der Waals surface area contributed by atoms with Crippen molar-refractivity contribution in [2.75, 3.05) is 6.54 Å². The van der Waals surface area contributed by atoms with E-state index in [9.17, 15) is 9.59 Å². The van der Waals surface area contributed by atoms with E-state index in [0.29, 0.717) is 13.1 Å². The predicted molar refractivity (Wildman–Crippen MR) is 104 cm³/mol. The molecule has 2 N–H and O–H groups in total. The van der Waals surface area contributed by atoms with Gasteiger partial charge in [0.25, 0.3) is 0 Å². The summed E-state index contributed by atoms with van der Waals surface area (Å²) in [6.45, 7) is 0.755. The van der Waals surface area contributed by atoms with Gasteiger partial charge in [-0.25, -0.2) is 14.3 Å². The van der Waals surface area contributed by atoms with Gasteiger partial charge in [0.2, 0.25) is 0 Å². The van der Waals surface area contributed by atoms with Crippen molar-refractivity contribution in [1.82, 2.24) is 25.0 Å². The van der Waals surface area contributed by atoms with E-state index >= 15 is 0 Å². The van der Waals surface area contributed by atoms with Gasteiger partial charge in [-0.05, 0) is 25.7 Å². The van der Waals surface area contributed by atoms with E-state index in [1.54, 1.807) is 4.57 Å². The average Bonchev–Trinajstić information content (AvgIpc) is 3.47. The maximum atomic E-state index is 12.8. The van der Waals surface area contributed by atoms with Crippen LogP contribution in [0.15, 0.2) is 35.1 Å². The third-order valence-corrected chi connectivity index (χ3v) is 5.36. The number of nitrogens with zero attached hydrogens (tertiary/aromatic N) is 3. The normalized spacial score (nSPS) is 17.6. The first-order valence-corrected chi connectivity index (χ1v) is 10.0. The molecule has 7 heteroatoms. The number of benzene rings is 1. The summed E-state index contributed by atoms with van der Waals surface area (Å²) in [7, 11) is 0. The van der Waals surface area contributed by atoms with Gasteiger partial charge in [0, 0.05) is 24.2 Å². The molecular weight excluding hydrogens is 342 g/mol. The zero-order valence-electron chi connectivity index (χ0n) is 15.6. The Balaban J connectivity index is 1.39. The van der Waals surface area contributed by atoms with Crippen LogP contribution in [0.2, 0.25) is 0 Å². The summed E-state index contributed by atoms with van der Waals surface area (Å²) in [4.78, 5) is 24.8. The van der Waals surface area contributed by atoms with Crippen LogP contribution in [-0.4, -0.2) is 33.0 Å². The van der Waals surface area contributed by atoms with Crippen molar-refractivity contribution in [3.05, 3.63) is 40.8 Å². The summed E-state index contributed by atoms with van der Waals surface area (Å²) in [5.74, 6) is 0.717. The summed E-state index contributed by atoms with van der Waals surface area (Å²) in [6, 6.07) is 10.2. The molecule has 0 unspecified atom stereocenters. The Bertz CT molecular complexity index is 832. The van der Waals surface area contributed by atoms with Crippen LogP contribution in [0, 0.1) is 0 Å². The standard InChI is InChI=1S/C20H27N5O2/c26-19(22-16-9-5-2-6-10-16)21-13-14-24-20(27)25(17-11-12-17)18(23-24)15-7-3-1-4-8-15/h1,3-4,7-8,16-17H,2,5-6,9-14H2,(H2,21,22,26). The Morgan fingerprint density at radius 1 is 1.07 bits per heavy atom. The van der Waals surface area contributed by atoms with Crippen LogP contribution in [0.25, 0.3) is 11.4 Å². The first-order valence-electron chi connectivity index (χ1n) is 10.0. The van der Waals surface area contributed by atoms with Gasteiger partial charge in [0.15, 0.2) is 5.82 Å². The molecule has 1 aromatic carbocycles. The lowest BCUT2D eigenvalue weighted by molar-refractivity contribution is 0.232. The molecule has 2 aromatic rings. The minimum absolute atomic E-state index is 0.0918. The predicted octanol–water partition coefficient (Wildman–Crippen LogP) is 2.68. The summed E-state index contributed by atoms with van der Waals surface area (Å²) in [5, 5.41) is 10.4. The molecule has 7 nitrogen and oxygen atoms in total. The Hall–Kier alpha value is -2.57. The van der Waals surface area contributed by atoms with Crippen LogP contribution in [0.5, 0.6) is 0 Å². The first-order chi connectivity index (χ1) is 13.2. The Morgan fingerprint density at radius 3 is 2.52 bits per heavy atom. The van der Waals surface area contributed by atoms with E-state index in [2.05, 4.69) is 15.7 Å². The van der Waals surface area contributed by atoms with Crippen LogP contribution in [0.3, 0.4) is 0 Å². The molecule has 0 bridgehead atoms. The van der Waals surface area contributed by atoms with Crippen LogP contribution in [-0.2, 0) is 6.54 Å². The van der Waals surface area contributed by atoms with Gasteiger partial charge in [-0.15, -0.1) is 5.10 Å².